The zero-order valence-corrected chi connectivity index (χ0v) is 8.77. The average molecular weight is 166 g/mol. The van der Waals surface area contributed by atoms with Gasteiger partial charge in [0.15, 0.2) is 0 Å². The van der Waals surface area contributed by atoms with Crippen LogP contribution in [0.5, 0.6) is 0 Å². The molecule has 0 saturated heterocycles. The lowest BCUT2D eigenvalue weighted by Gasteiger charge is -2.33. The van der Waals surface area contributed by atoms with Gasteiger partial charge in [0, 0.05) is 0 Å². The summed E-state index contributed by atoms with van der Waals surface area (Å²) in [5, 5.41) is 0. The van der Waals surface area contributed by atoms with Gasteiger partial charge in [-0.15, -0.1) is 0 Å². The third kappa shape index (κ3) is 2.12. The molecule has 0 amide bonds. The first-order valence-electron chi connectivity index (χ1n) is 5.32. The number of hydrogen-bond acceptors (Lipinski definition) is 0. The van der Waals surface area contributed by atoms with E-state index in [9.17, 15) is 0 Å². The van der Waals surface area contributed by atoms with Crippen LogP contribution >= 0.6 is 0 Å². The lowest BCUT2D eigenvalue weighted by Crippen LogP contribution is -2.21. The zero-order valence-electron chi connectivity index (χ0n) is 8.77. The molecule has 0 aromatic carbocycles. The van der Waals surface area contributed by atoms with Crippen molar-refractivity contribution in [3.05, 3.63) is 12.2 Å². The Morgan fingerprint density at radius 1 is 1.25 bits per heavy atom. The third-order valence-corrected chi connectivity index (χ3v) is 3.63. The van der Waals surface area contributed by atoms with Gasteiger partial charge in [0.05, 0.1) is 0 Å². The van der Waals surface area contributed by atoms with Crippen molar-refractivity contribution >= 4 is 0 Å². The summed E-state index contributed by atoms with van der Waals surface area (Å²) in [6, 6.07) is 0. The smallest absolute Gasteiger partial charge is 0.0203 e. The molecule has 0 aliphatic heterocycles. The summed E-state index contributed by atoms with van der Waals surface area (Å²) >= 11 is 0. The SMILES string of the molecule is C=C(CC)C1CCC(C)C(C)C1. The molecule has 3 unspecified atom stereocenters. The second-order valence-electron chi connectivity index (χ2n) is 4.48. The maximum absolute atomic E-state index is 4.16. The average Bonchev–Trinajstić information content (AvgIpc) is 2.08. The highest BCUT2D eigenvalue weighted by atomic mass is 14.3. The van der Waals surface area contributed by atoms with Crippen molar-refractivity contribution in [3.63, 3.8) is 0 Å². The molecule has 1 aliphatic rings. The summed E-state index contributed by atoms with van der Waals surface area (Å²) in [6.07, 6.45) is 5.35. The molecule has 0 bridgehead atoms. The van der Waals surface area contributed by atoms with Crippen LogP contribution < -0.4 is 0 Å². The first kappa shape index (κ1) is 9.83. The van der Waals surface area contributed by atoms with Crippen molar-refractivity contribution in [2.24, 2.45) is 17.8 Å². The van der Waals surface area contributed by atoms with Crippen LogP contribution in [0.3, 0.4) is 0 Å². The molecule has 3 atom stereocenters. The van der Waals surface area contributed by atoms with Gasteiger partial charge in [0.2, 0.25) is 0 Å². The standard InChI is InChI=1S/C12H22/c1-5-9(2)12-7-6-10(3)11(4)8-12/h10-12H,2,5-8H2,1,3-4H3. The van der Waals surface area contributed by atoms with Crippen molar-refractivity contribution in [3.8, 4) is 0 Å². The van der Waals surface area contributed by atoms with Crippen molar-refractivity contribution in [2.45, 2.75) is 46.5 Å². The minimum Gasteiger partial charge on any atom is -0.0996 e. The molecule has 0 aromatic rings. The maximum atomic E-state index is 4.16. The van der Waals surface area contributed by atoms with E-state index in [-0.39, 0.29) is 0 Å². The van der Waals surface area contributed by atoms with Gasteiger partial charge in [0.25, 0.3) is 0 Å². The highest BCUT2D eigenvalue weighted by molar-refractivity contribution is 5.01. The van der Waals surface area contributed by atoms with E-state index in [0.29, 0.717) is 0 Å². The van der Waals surface area contributed by atoms with Gasteiger partial charge in [-0.3, -0.25) is 0 Å². The van der Waals surface area contributed by atoms with Crippen molar-refractivity contribution < 1.29 is 0 Å². The molecule has 12 heavy (non-hydrogen) atoms. The van der Waals surface area contributed by atoms with Gasteiger partial charge in [-0.2, -0.15) is 0 Å². The van der Waals surface area contributed by atoms with Crippen LogP contribution in [0.2, 0.25) is 0 Å². The van der Waals surface area contributed by atoms with Gasteiger partial charge in [-0.05, 0) is 43.4 Å². The van der Waals surface area contributed by atoms with Crippen LogP contribution in [0.4, 0.5) is 0 Å². The van der Waals surface area contributed by atoms with Crippen LogP contribution in [-0.4, -0.2) is 0 Å². The molecule has 0 nitrogen and oxygen atoms in total. The molecule has 1 rings (SSSR count). The van der Waals surface area contributed by atoms with Crippen molar-refractivity contribution in [2.75, 3.05) is 0 Å². The first-order valence-corrected chi connectivity index (χ1v) is 5.32. The monoisotopic (exact) mass is 166 g/mol. The Bertz CT molecular complexity index is 157. The molecule has 1 aliphatic carbocycles. The molecular weight excluding hydrogens is 144 g/mol. The summed E-state index contributed by atoms with van der Waals surface area (Å²) in [5.41, 5.74) is 1.48. The Balaban J connectivity index is 2.45. The van der Waals surface area contributed by atoms with E-state index in [0.717, 1.165) is 17.8 Å². The van der Waals surface area contributed by atoms with E-state index in [1.165, 1.54) is 31.3 Å². The zero-order chi connectivity index (χ0) is 9.14. The Labute approximate surface area is 77.1 Å². The van der Waals surface area contributed by atoms with Gasteiger partial charge < -0.3 is 0 Å². The van der Waals surface area contributed by atoms with Crippen LogP contribution in [-0.2, 0) is 0 Å². The van der Waals surface area contributed by atoms with E-state index in [4.69, 9.17) is 0 Å². The lowest BCUT2D eigenvalue weighted by molar-refractivity contribution is 0.228. The van der Waals surface area contributed by atoms with Crippen LogP contribution in [0.1, 0.15) is 46.5 Å². The molecule has 1 fully saturated rings. The third-order valence-electron chi connectivity index (χ3n) is 3.63. The Hall–Kier alpha value is -0.260. The number of hydrogen-bond donors (Lipinski definition) is 0. The van der Waals surface area contributed by atoms with E-state index in [1.807, 2.05) is 0 Å². The number of rotatable bonds is 2. The van der Waals surface area contributed by atoms with Gasteiger partial charge in [-0.1, -0.05) is 32.9 Å². The van der Waals surface area contributed by atoms with E-state index < -0.39 is 0 Å². The fraction of sp³-hybridized carbons (Fsp3) is 0.833. The Morgan fingerprint density at radius 2 is 1.92 bits per heavy atom. The minimum atomic E-state index is 0.834. The molecule has 0 radical (unpaired) electrons. The largest absolute Gasteiger partial charge is 0.0996 e. The number of allylic oxidation sites excluding steroid dienone is 1. The summed E-state index contributed by atoms with van der Waals surface area (Å²) < 4.78 is 0. The Kier molecular flexibility index (Phi) is 3.37. The van der Waals surface area contributed by atoms with E-state index >= 15 is 0 Å². The van der Waals surface area contributed by atoms with E-state index in [1.54, 1.807) is 0 Å². The fourth-order valence-electron chi connectivity index (χ4n) is 2.21. The van der Waals surface area contributed by atoms with E-state index in [2.05, 4.69) is 27.4 Å². The molecular formula is C12H22. The summed E-state index contributed by atoms with van der Waals surface area (Å²) in [6.45, 7) is 11.2. The molecule has 1 saturated carbocycles. The predicted molar refractivity (Wildman–Crippen MR) is 55.1 cm³/mol. The second-order valence-corrected chi connectivity index (χ2v) is 4.48. The van der Waals surface area contributed by atoms with Crippen LogP contribution in [0, 0.1) is 17.8 Å². The van der Waals surface area contributed by atoms with Crippen molar-refractivity contribution in [1.82, 2.24) is 0 Å². The highest BCUT2D eigenvalue weighted by Crippen LogP contribution is 2.37. The summed E-state index contributed by atoms with van der Waals surface area (Å²) in [5.74, 6) is 2.68. The molecule has 0 aromatic heterocycles. The molecule has 0 spiro atoms. The van der Waals surface area contributed by atoms with Crippen LogP contribution in [0.15, 0.2) is 12.2 Å². The van der Waals surface area contributed by atoms with Crippen molar-refractivity contribution in [1.29, 1.82) is 0 Å². The maximum Gasteiger partial charge on any atom is -0.0203 e. The van der Waals surface area contributed by atoms with Crippen LogP contribution in [0.25, 0.3) is 0 Å². The minimum absolute atomic E-state index is 0.834. The normalized spacial score (nSPS) is 36.4. The first-order chi connectivity index (χ1) is 5.65. The molecule has 0 heteroatoms. The summed E-state index contributed by atoms with van der Waals surface area (Å²) in [4.78, 5) is 0. The second kappa shape index (κ2) is 4.11. The highest BCUT2D eigenvalue weighted by Gasteiger charge is 2.25. The predicted octanol–water partition coefficient (Wildman–Crippen LogP) is 4.02. The van der Waals surface area contributed by atoms with Gasteiger partial charge in [-0.25, -0.2) is 0 Å². The molecule has 0 N–H and O–H groups in total. The van der Waals surface area contributed by atoms with Gasteiger partial charge >= 0.3 is 0 Å². The summed E-state index contributed by atoms with van der Waals surface area (Å²) in [7, 11) is 0. The fourth-order valence-corrected chi connectivity index (χ4v) is 2.21. The Morgan fingerprint density at radius 3 is 2.42 bits per heavy atom. The van der Waals surface area contributed by atoms with Gasteiger partial charge in [0.1, 0.15) is 0 Å². The molecule has 0 heterocycles. The molecule has 70 valence electrons. The lowest BCUT2D eigenvalue weighted by atomic mass is 9.73. The topological polar surface area (TPSA) is 0 Å². The quantitative estimate of drug-likeness (QED) is 0.543.